The number of nitrogens with one attached hydrogen (secondary N) is 2. The molecule has 154 valence electrons. The molecule has 0 saturated heterocycles. The quantitative estimate of drug-likeness (QED) is 0.534. The number of rotatable bonds is 7. The largest absolute Gasteiger partial charge is 0.493 e. The molecule has 2 saturated carbocycles. The SMILES string of the molecule is COCNC(=S)NC1c2cc(OCC3CC3)ccc2CC12CCC(OC)CC2. The molecule has 6 heteroatoms. The van der Waals surface area contributed by atoms with Gasteiger partial charge >= 0.3 is 0 Å². The highest BCUT2D eigenvalue weighted by Gasteiger charge is 2.48. The summed E-state index contributed by atoms with van der Waals surface area (Å²) < 4.78 is 16.8. The lowest BCUT2D eigenvalue weighted by Crippen LogP contribution is -2.45. The second kappa shape index (κ2) is 8.56. The third kappa shape index (κ3) is 4.29. The fourth-order valence-electron chi connectivity index (χ4n) is 4.82. The lowest BCUT2D eigenvalue weighted by atomic mass is 9.68. The van der Waals surface area contributed by atoms with E-state index in [-0.39, 0.29) is 11.5 Å². The van der Waals surface area contributed by atoms with E-state index in [0.29, 0.717) is 17.9 Å². The molecule has 1 spiro atoms. The van der Waals surface area contributed by atoms with Gasteiger partial charge in [0.1, 0.15) is 12.5 Å². The molecule has 0 aromatic heterocycles. The summed E-state index contributed by atoms with van der Waals surface area (Å²) in [6.45, 7) is 1.25. The minimum Gasteiger partial charge on any atom is -0.493 e. The van der Waals surface area contributed by atoms with Gasteiger partial charge in [-0.05, 0) is 91.8 Å². The maximum absolute atomic E-state index is 6.07. The molecule has 0 amide bonds. The minimum absolute atomic E-state index is 0.186. The van der Waals surface area contributed by atoms with Crippen molar-refractivity contribution in [2.75, 3.05) is 27.6 Å². The van der Waals surface area contributed by atoms with Crippen LogP contribution in [-0.2, 0) is 15.9 Å². The van der Waals surface area contributed by atoms with Crippen LogP contribution in [0.15, 0.2) is 18.2 Å². The first-order valence-electron chi connectivity index (χ1n) is 10.5. The van der Waals surface area contributed by atoms with Crippen molar-refractivity contribution in [2.24, 2.45) is 11.3 Å². The normalized spacial score (nSPS) is 28.8. The predicted octanol–water partition coefficient (Wildman–Crippen LogP) is 3.72. The summed E-state index contributed by atoms with van der Waals surface area (Å²) in [5.74, 6) is 1.74. The zero-order valence-electron chi connectivity index (χ0n) is 17.0. The second-order valence-corrected chi connectivity index (χ2v) is 9.01. The Labute approximate surface area is 173 Å². The van der Waals surface area contributed by atoms with Gasteiger partial charge in [0, 0.05) is 14.2 Å². The Morgan fingerprint density at radius 2 is 1.96 bits per heavy atom. The van der Waals surface area contributed by atoms with Crippen LogP contribution in [0, 0.1) is 11.3 Å². The number of benzene rings is 1. The minimum atomic E-state index is 0.186. The Balaban J connectivity index is 1.55. The van der Waals surface area contributed by atoms with Crippen molar-refractivity contribution in [1.82, 2.24) is 10.6 Å². The lowest BCUT2D eigenvalue weighted by Gasteiger charge is -2.42. The van der Waals surface area contributed by atoms with Crippen molar-refractivity contribution < 1.29 is 14.2 Å². The molecule has 0 radical (unpaired) electrons. The molecule has 3 aliphatic rings. The van der Waals surface area contributed by atoms with E-state index in [0.717, 1.165) is 50.4 Å². The number of methoxy groups -OCH3 is 2. The molecule has 4 rings (SSSR count). The standard InChI is InChI=1S/C22H32N2O3S/c1-25-14-23-21(28)24-20-19-11-18(27-13-15-3-4-15)6-5-16(19)12-22(20)9-7-17(26-2)8-10-22/h5-6,11,15,17,20H,3-4,7-10,12-14H2,1-2H3,(H2,23,24,28). The van der Waals surface area contributed by atoms with Crippen LogP contribution in [0.4, 0.5) is 0 Å². The average Bonchev–Trinajstić information content (AvgIpc) is 3.50. The van der Waals surface area contributed by atoms with Crippen LogP contribution in [-0.4, -0.2) is 38.8 Å². The number of hydrogen-bond acceptors (Lipinski definition) is 4. The lowest BCUT2D eigenvalue weighted by molar-refractivity contribution is 0.0180. The van der Waals surface area contributed by atoms with Gasteiger partial charge in [0.2, 0.25) is 0 Å². The van der Waals surface area contributed by atoms with Crippen molar-refractivity contribution in [3.05, 3.63) is 29.3 Å². The van der Waals surface area contributed by atoms with E-state index < -0.39 is 0 Å². The summed E-state index contributed by atoms with van der Waals surface area (Å²) in [6.07, 6.45) is 8.57. The smallest absolute Gasteiger partial charge is 0.168 e. The first-order chi connectivity index (χ1) is 13.6. The van der Waals surface area contributed by atoms with Crippen LogP contribution < -0.4 is 15.4 Å². The summed E-state index contributed by atoms with van der Waals surface area (Å²) in [4.78, 5) is 0. The summed E-state index contributed by atoms with van der Waals surface area (Å²) in [6, 6.07) is 6.83. The van der Waals surface area contributed by atoms with Gasteiger partial charge in [-0.3, -0.25) is 0 Å². The topological polar surface area (TPSA) is 51.8 Å². The van der Waals surface area contributed by atoms with Crippen molar-refractivity contribution in [3.8, 4) is 5.75 Å². The van der Waals surface area contributed by atoms with Crippen molar-refractivity contribution in [2.45, 2.75) is 57.1 Å². The van der Waals surface area contributed by atoms with Crippen LogP contribution in [0.5, 0.6) is 5.75 Å². The predicted molar refractivity (Wildman–Crippen MR) is 114 cm³/mol. The van der Waals surface area contributed by atoms with E-state index in [9.17, 15) is 0 Å². The molecule has 0 bridgehead atoms. The van der Waals surface area contributed by atoms with Crippen molar-refractivity contribution in [1.29, 1.82) is 0 Å². The monoisotopic (exact) mass is 404 g/mol. The first kappa shape index (κ1) is 19.9. The fourth-order valence-corrected chi connectivity index (χ4v) is 5.00. The molecule has 1 atom stereocenters. The Hall–Kier alpha value is -1.37. The molecular formula is C22H32N2O3S. The maximum Gasteiger partial charge on any atom is 0.168 e. The van der Waals surface area contributed by atoms with Crippen LogP contribution in [0.25, 0.3) is 0 Å². The van der Waals surface area contributed by atoms with Crippen molar-refractivity contribution >= 4 is 17.3 Å². The molecule has 1 aromatic rings. The summed E-state index contributed by atoms with van der Waals surface area (Å²) >= 11 is 5.55. The van der Waals surface area contributed by atoms with E-state index in [4.69, 9.17) is 26.4 Å². The van der Waals surface area contributed by atoms with Crippen LogP contribution in [0.3, 0.4) is 0 Å². The number of ether oxygens (including phenoxy) is 3. The van der Waals surface area contributed by atoms with Gasteiger partial charge in [0.05, 0.1) is 18.8 Å². The number of thiocarbonyl (C=S) groups is 1. The van der Waals surface area contributed by atoms with Crippen molar-refractivity contribution in [3.63, 3.8) is 0 Å². The molecule has 0 heterocycles. The fraction of sp³-hybridized carbons (Fsp3) is 0.682. The summed E-state index contributed by atoms with van der Waals surface area (Å²) in [7, 11) is 3.49. The molecule has 28 heavy (non-hydrogen) atoms. The van der Waals surface area contributed by atoms with Crippen LogP contribution in [0.2, 0.25) is 0 Å². The Morgan fingerprint density at radius 3 is 2.64 bits per heavy atom. The maximum atomic E-state index is 6.07. The highest BCUT2D eigenvalue weighted by Crippen LogP contribution is 2.54. The third-order valence-corrected chi connectivity index (χ3v) is 6.94. The molecule has 0 aliphatic heterocycles. The molecule has 5 nitrogen and oxygen atoms in total. The Bertz CT molecular complexity index is 699. The molecular weight excluding hydrogens is 372 g/mol. The average molecular weight is 405 g/mol. The van der Waals surface area contributed by atoms with Gasteiger partial charge in [-0.15, -0.1) is 0 Å². The Kier molecular flexibility index (Phi) is 6.09. The second-order valence-electron chi connectivity index (χ2n) is 8.61. The Morgan fingerprint density at radius 1 is 1.18 bits per heavy atom. The van der Waals surface area contributed by atoms with Gasteiger partial charge in [-0.25, -0.2) is 0 Å². The van der Waals surface area contributed by atoms with Gasteiger partial charge in [0.25, 0.3) is 0 Å². The molecule has 3 aliphatic carbocycles. The van der Waals surface area contributed by atoms with Gasteiger partial charge in [-0.2, -0.15) is 0 Å². The highest BCUT2D eigenvalue weighted by molar-refractivity contribution is 7.80. The highest BCUT2D eigenvalue weighted by atomic mass is 32.1. The van der Waals surface area contributed by atoms with E-state index in [2.05, 4.69) is 28.8 Å². The number of hydrogen-bond donors (Lipinski definition) is 2. The van der Waals surface area contributed by atoms with E-state index in [1.165, 1.54) is 24.0 Å². The third-order valence-electron chi connectivity index (χ3n) is 6.68. The van der Waals surface area contributed by atoms with Crippen LogP contribution >= 0.6 is 12.2 Å². The molecule has 1 aromatic carbocycles. The first-order valence-corrected chi connectivity index (χ1v) is 10.9. The molecule has 1 unspecified atom stereocenters. The van der Waals surface area contributed by atoms with E-state index in [1.54, 1.807) is 7.11 Å². The van der Waals surface area contributed by atoms with Gasteiger partial charge < -0.3 is 24.8 Å². The zero-order chi connectivity index (χ0) is 19.6. The summed E-state index contributed by atoms with van der Waals surface area (Å²) in [5, 5.41) is 7.40. The number of fused-ring (bicyclic) bond motifs is 1. The van der Waals surface area contributed by atoms with Gasteiger partial charge in [-0.1, -0.05) is 6.07 Å². The zero-order valence-corrected chi connectivity index (χ0v) is 17.8. The van der Waals surface area contributed by atoms with E-state index in [1.807, 2.05) is 7.11 Å². The molecule has 2 N–H and O–H groups in total. The summed E-state index contributed by atoms with van der Waals surface area (Å²) in [5.41, 5.74) is 2.94. The van der Waals surface area contributed by atoms with Gasteiger partial charge in [0.15, 0.2) is 5.11 Å². The van der Waals surface area contributed by atoms with E-state index >= 15 is 0 Å². The molecule has 2 fully saturated rings. The van der Waals surface area contributed by atoms with Crippen LogP contribution in [0.1, 0.15) is 55.7 Å².